The third-order valence-electron chi connectivity index (χ3n) is 9.18. The van der Waals surface area contributed by atoms with E-state index in [1.807, 2.05) is 19.9 Å². The molecule has 6 aromatic carbocycles. The quantitative estimate of drug-likeness (QED) is 0.0230. The first kappa shape index (κ1) is 62.8. The number of azo groups is 3. The smallest absolute Gasteiger partial charge is 0.324 e. The van der Waals surface area contributed by atoms with Crippen molar-refractivity contribution in [3.05, 3.63) is 173 Å². The van der Waals surface area contributed by atoms with Gasteiger partial charge < -0.3 is 34.4 Å². The maximum Gasteiger partial charge on any atom is 0.324 e. The second kappa shape index (κ2) is 34.2. The lowest BCUT2D eigenvalue weighted by atomic mass is 9.96. The van der Waals surface area contributed by atoms with Gasteiger partial charge in [0.25, 0.3) is 17.1 Å². The van der Waals surface area contributed by atoms with Crippen LogP contribution in [0, 0.1) is 51.9 Å². The zero-order valence-corrected chi connectivity index (χ0v) is 41.3. The molecule has 4 N–H and O–H groups in total. The SMILES string of the molecule is COc1cc(C(C)C)c(CO)cc1N=Nc1ccc([N+](=O)[O-])cc1.COc1cc(Cl)c(CO)cc1N=Nc1ccc([N+](=O)[O-])cc1.COc1ccc(CO)cc1N=Nc1ccc([N+](=O)[O-])cc1.N#N.N#N.O=PO. The first-order chi connectivity index (χ1) is 35.5. The summed E-state index contributed by atoms with van der Waals surface area (Å²) >= 11 is 5.97. The number of methoxy groups -OCH3 is 3. The lowest BCUT2D eigenvalue weighted by Gasteiger charge is -2.14. The van der Waals surface area contributed by atoms with E-state index in [0.717, 1.165) is 11.1 Å². The fraction of sp³-hybridized carbons (Fsp3) is 0.200. The molecule has 6 rings (SSSR count). The van der Waals surface area contributed by atoms with Gasteiger partial charge in [-0.05, 0) is 94.9 Å². The van der Waals surface area contributed by atoms with Crippen LogP contribution in [-0.4, -0.2) is 56.3 Å². The first-order valence-corrected chi connectivity index (χ1v) is 21.6. The van der Waals surface area contributed by atoms with Crippen molar-refractivity contribution in [2.24, 2.45) is 30.7 Å². The fourth-order valence-corrected chi connectivity index (χ4v) is 5.88. The van der Waals surface area contributed by atoms with E-state index in [9.17, 15) is 40.6 Å². The van der Waals surface area contributed by atoms with Crippen LogP contribution in [0.5, 0.6) is 17.2 Å². The zero-order valence-electron chi connectivity index (χ0n) is 39.7. The molecule has 0 saturated carbocycles. The van der Waals surface area contributed by atoms with Crippen molar-refractivity contribution in [1.29, 1.82) is 21.6 Å². The van der Waals surface area contributed by atoms with Gasteiger partial charge in [0.2, 0.25) is 0 Å². The molecule has 0 saturated heterocycles. The largest absolute Gasteiger partial charge is 0.494 e. The molecule has 0 spiro atoms. The zero-order chi connectivity index (χ0) is 55.8. The van der Waals surface area contributed by atoms with E-state index >= 15 is 0 Å². The molecule has 0 fully saturated rings. The van der Waals surface area contributed by atoms with Gasteiger partial charge in [-0.3, -0.25) is 30.3 Å². The van der Waals surface area contributed by atoms with Crippen LogP contribution in [0.15, 0.2) is 146 Å². The predicted octanol–water partition coefficient (Wildman–Crippen LogP) is 12.6. The average molecular weight is 1060 g/mol. The predicted molar refractivity (Wildman–Crippen MR) is 264 cm³/mol. The van der Waals surface area contributed by atoms with Crippen molar-refractivity contribution in [1.82, 2.24) is 0 Å². The van der Waals surface area contributed by atoms with Crippen molar-refractivity contribution in [3.8, 4) is 17.2 Å². The van der Waals surface area contributed by atoms with Gasteiger partial charge in [0.05, 0.1) is 73.0 Å². The Morgan fingerprint density at radius 3 is 1.18 bits per heavy atom. The summed E-state index contributed by atoms with van der Waals surface area (Å²) in [5.74, 6) is 1.73. The fourth-order valence-electron chi connectivity index (χ4n) is 5.66. The number of hydrogen-bond donors (Lipinski definition) is 4. The van der Waals surface area contributed by atoms with Gasteiger partial charge in [0.15, 0.2) is 0 Å². The van der Waals surface area contributed by atoms with E-state index in [1.54, 1.807) is 37.4 Å². The highest BCUT2D eigenvalue weighted by Crippen LogP contribution is 2.37. The van der Waals surface area contributed by atoms with E-state index in [0.29, 0.717) is 67.5 Å². The number of nitro groups is 3. The maximum atomic E-state index is 10.6. The monoisotopic (exact) mass is 1060 g/mol. The van der Waals surface area contributed by atoms with Gasteiger partial charge in [-0.1, -0.05) is 31.5 Å². The number of aliphatic hydroxyl groups is 3. The first-order valence-electron chi connectivity index (χ1n) is 20.5. The summed E-state index contributed by atoms with van der Waals surface area (Å²) in [7, 11) is 3.69. The van der Waals surface area contributed by atoms with Gasteiger partial charge >= 0.3 is 8.69 Å². The van der Waals surface area contributed by atoms with Gasteiger partial charge in [-0.25, -0.2) is 4.57 Å². The van der Waals surface area contributed by atoms with Crippen molar-refractivity contribution in [2.45, 2.75) is 39.6 Å². The van der Waals surface area contributed by atoms with Crippen LogP contribution in [0.1, 0.15) is 42.0 Å². The van der Waals surface area contributed by atoms with Crippen LogP contribution >= 0.6 is 20.3 Å². The van der Waals surface area contributed by atoms with E-state index < -0.39 is 23.5 Å². The minimum absolute atomic E-state index is 0.00427. The Labute approximate surface area is 427 Å². The minimum atomic E-state index is -0.833. The molecule has 0 aliphatic heterocycles. The molecule has 0 amide bonds. The Morgan fingerprint density at radius 2 is 0.865 bits per heavy atom. The molecule has 27 nitrogen and oxygen atoms in total. The summed E-state index contributed by atoms with van der Waals surface area (Å²) in [5.41, 5.74) is 5.70. The third kappa shape index (κ3) is 20.3. The molecule has 74 heavy (non-hydrogen) atoms. The molecule has 0 bridgehead atoms. The normalized spacial score (nSPS) is 10.3. The number of halogens is 1. The standard InChI is InChI=1S/C17H19N3O4.C14H12ClN3O4.C14H13N3O4.2N2.HO2P/c1-11(2)15-9-17(24-3)16(8-12(15)10-21)19-18-13-4-6-14(7-5-13)20(22)23;1-22-14-7-12(15)9(8-19)6-13(14)17-16-10-2-4-11(5-3-10)18(20)21;1-21-14-7-2-10(9-18)8-13(14)16-15-11-3-5-12(6-4-11)17(19)20;2*1-2;1-3-2/h4-9,11,21H,10H2,1-3H3;2-7,19H,8H2,1H3;2-8,18H,9H2,1H3;;;(H,1,2). The highest BCUT2D eigenvalue weighted by Gasteiger charge is 2.14. The van der Waals surface area contributed by atoms with Crippen LogP contribution in [0.25, 0.3) is 0 Å². The van der Waals surface area contributed by atoms with Crippen LogP contribution in [-0.2, 0) is 24.4 Å². The minimum Gasteiger partial charge on any atom is -0.494 e. The Hall–Kier alpha value is -9.21. The molecular weight excluding hydrogens is 1010 g/mol. The molecule has 0 heterocycles. The average Bonchev–Trinajstić information content (AvgIpc) is 3.42. The van der Waals surface area contributed by atoms with E-state index in [2.05, 4.69) is 30.7 Å². The number of nitrogens with zero attached hydrogens (tertiary/aromatic N) is 13. The molecule has 386 valence electrons. The Morgan fingerprint density at radius 1 is 0.527 bits per heavy atom. The molecular formula is C45H45ClN13O14P. The number of aliphatic hydroxyl groups excluding tert-OH is 3. The summed E-state index contributed by atoms with van der Waals surface area (Å²) in [6.07, 6.45) is 0. The third-order valence-corrected chi connectivity index (χ3v) is 9.53. The summed E-state index contributed by atoms with van der Waals surface area (Å²) in [4.78, 5) is 37.3. The van der Waals surface area contributed by atoms with Crippen LogP contribution < -0.4 is 14.2 Å². The van der Waals surface area contributed by atoms with Crippen LogP contribution in [0.4, 0.5) is 51.2 Å². The number of nitro benzene ring substituents is 3. The Bertz CT molecular complexity index is 2900. The molecule has 29 heteroatoms. The summed E-state index contributed by atoms with van der Waals surface area (Å²) in [5, 5.41) is 108. The maximum absolute atomic E-state index is 10.6. The molecule has 6 aromatic rings. The van der Waals surface area contributed by atoms with Crippen LogP contribution in [0.3, 0.4) is 0 Å². The van der Waals surface area contributed by atoms with Crippen molar-refractivity contribution in [2.75, 3.05) is 21.3 Å². The van der Waals surface area contributed by atoms with Crippen LogP contribution in [0.2, 0.25) is 5.02 Å². The summed E-state index contributed by atoms with van der Waals surface area (Å²) in [6.45, 7) is 3.63. The highest BCUT2D eigenvalue weighted by molar-refractivity contribution is 7.16. The summed E-state index contributed by atoms with van der Waals surface area (Å²) in [6, 6.07) is 28.9. The molecule has 0 atom stereocenters. The van der Waals surface area contributed by atoms with Crippen molar-refractivity contribution in [3.63, 3.8) is 0 Å². The molecule has 0 aliphatic rings. The number of ether oxygens (including phenoxy) is 3. The molecule has 0 aromatic heterocycles. The Kier molecular flexibility index (Phi) is 29.0. The lowest BCUT2D eigenvalue weighted by molar-refractivity contribution is -0.385. The summed E-state index contributed by atoms with van der Waals surface area (Å²) < 4.78 is 24.1. The number of rotatable bonds is 16. The molecule has 0 radical (unpaired) electrons. The van der Waals surface area contributed by atoms with E-state index in [4.69, 9.17) is 61.9 Å². The number of non-ortho nitro benzene ring substituents is 3. The Balaban J connectivity index is 0.000000523. The lowest BCUT2D eigenvalue weighted by Crippen LogP contribution is -1.98. The second-order valence-corrected chi connectivity index (χ2v) is 14.5. The van der Waals surface area contributed by atoms with Gasteiger partial charge in [-0.2, -0.15) is 15.3 Å². The van der Waals surface area contributed by atoms with Crippen molar-refractivity contribution >= 4 is 71.5 Å². The van der Waals surface area contributed by atoms with Gasteiger partial charge in [-0.15, -0.1) is 15.3 Å². The second-order valence-electron chi connectivity index (χ2n) is 14.0. The van der Waals surface area contributed by atoms with Crippen molar-refractivity contribution < 1.29 is 53.8 Å². The topological polar surface area (TPSA) is 424 Å². The van der Waals surface area contributed by atoms with Gasteiger partial charge in [0, 0.05) is 69.1 Å². The molecule has 0 unspecified atom stereocenters. The molecule has 0 aliphatic carbocycles. The van der Waals surface area contributed by atoms with E-state index in [-0.39, 0.29) is 42.8 Å². The van der Waals surface area contributed by atoms with Gasteiger partial charge in [0.1, 0.15) is 34.3 Å². The number of benzene rings is 6. The highest BCUT2D eigenvalue weighted by atomic mass is 35.5. The van der Waals surface area contributed by atoms with E-state index in [1.165, 1.54) is 93.1 Å². The number of hydrogen-bond acceptors (Lipinski definition) is 23.